The Kier molecular flexibility index (Phi) is 5.03. The number of hydrogen-bond donors (Lipinski definition) is 0. The van der Waals surface area contributed by atoms with Crippen LogP contribution in [0.15, 0.2) is 53.4 Å². The Morgan fingerprint density at radius 1 is 1.15 bits per heavy atom. The molecule has 3 rings (SSSR count). The Hall–Kier alpha value is -2.72. The molecule has 27 heavy (non-hydrogen) atoms. The van der Waals surface area contributed by atoms with Crippen LogP contribution in [0.1, 0.15) is 11.1 Å². The Balaban J connectivity index is 1.90. The molecule has 2 aromatic carbocycles. The molecule has 0 unspecified atom stereocenters. The van der Waals surface area contributed by atoms with Gasteiger partial charge in [-0.25, -0.2) is 0 Å². The van der Waals surface area contributed by atoms with Crippen molar-refractivity contribution in [2.75, 3.05) is 4.90 Å². The predicted octanol–water partition coefficient (Wildman–Crippen LogP) is 5.02. The van der Waals surface area contributed by atoms with Crippen molar-refractivity contribution in [3.63, 3.8) is 0 Å². The smallest absolute Gasteiger partial charge is 0.268 e. The molecule has 1 aliphatic heterocycles. The van der Waals surface area contributed by atoms with Gasteiger partial charge in [0.1, 0.15) is 0 Å². The third-order valence-corrected chi connectivity index (χ3v) is 4.93. The van der Waals surface area contributed by atoms with Crippen molar-refractivity contribution in [2.45, 2.75) is 6.18 Å². The van der Waals surface area contributed by atoms with Crippen LogP contribution in [0.3, 0.4) is 0 Å². The number of carbonyl (C=O) groups is 1. The van der Waals surface area contributed by atoms with Gasteiger partial charge in [-0.15, -0.1) is 0 Å². The van der Waals surface area contributed by atoms with Crippen LogP contribution in [0, 0.1) is 10.1 Å². The molecular formula is C17H9F3N2O3S2. The van der Waals surface area contributed by atoms with Gasteiger partial charge in [0.15, 0.2) is 4.32 Å². The number of halogens is 3. The Morgan fingerprint density at radius 2 is 1.81 bits per heavy atom. The first-order chi connectivity index (χ1) is 12.7. The lowest BCUT2D eigenvalue weighted by Crippen LogP contribution is -2.27. The second-order valence-corrected chi connectivity index (χ2v) is 7.09. The molecule has 0 N–H and O–H groups in total. The summed E-state index contributed by atoms with van der Waals surface area (Å²) in [6.07, 6.45) is -3.15. The van der Waals surface area contributed by atoms with Crippen molar-refractivity contribution in [2.24, 2.45) is 0 Å². The summed E-state index contributed by atoms with van der Waals surface area (Å²) in [7, 11) is 0. The molecule has 2 aromatic rings. The van der Waals surface area contributed by atoms with Crippen LogP contribution in [0.5, 0.6) is 0 Å². The largest absolute Gasteiger partial charge is 0.416 e. The Labute approximate surface area is 160 Å². The zero-order chi connectivity index (χ0) is 19.8. The van der Waals surface area contributed by atoms with Crippen molar-refractivity contribution < 1.29 is 22.9 Å². The maximum Gasteiger partial charge on any atom is 0.416 e. The summed E-state index contributed by atoms with van der Waals surface area (Å²) in [5.74, 6) is -0.503. The van der Waals surface area contributed by atoms with Gasteiger partial charge in [-0.1, -0.05) is 36.1 Å². The van der Waals surface area contributed by atoms with E-state index in [1.807, 2.05) is 0 Å². The topological polar surface area (TPSA) is 63.5 Å². The van der Waals surface area contributed by atoms with Crippen LogP contribution in [0.2, 0.25) is 0 Å². The summed E-state index contributed by atoms with van der Waals surface area (Å²) in [4.78, 5) is 24.1. The third kappa shape index (κ3) is 4.01. The van der Waals surface area contributed by atoms with Crippen molar-refractivity contribution in [3.05, 3.63) is 74.7 Å². The van der Waals surface area contributed by atoms with Gasteiger partial charge in [0.05, 0.1) is 21.1 Å². The highest BCUT2D eigenvalue weighted by molar-refractivity contribution is 8.27. The number of non-ortho nitro benzene ring substituents is 1. The molecule has 1 heterocycles. The van der Waals surface area contributed by atoms with Gasteiger partial charge >= 0.3 is 6.18 Å². The number of alkyl halides is 3. The van der Waals surface area contributed by atoms with Crippen molar-refractivity contribution in [1.82, 2.24) is 0 Å². The molecular weight excluding hydrogens is 401 g/mol. The summed E-state index contributed by atoms with van der Waals surface area (Å²) in [6, 6.07) is 9.85. The fourth-order valence-corrected chi connectivity index (χ4v) is 3.67. The summed E-state index contributed by atoms with van der Waals surface area (Å²) < 4.78 is 38.7. The number of amides is 1. The van der Waals surface area contributed by atoms with E-state index in [1.54, 1.807) is 0 Å². The Morgan fingerprint density at radius 3 is 2.41 bits per heavy atom. The summed E-state index contributed by atoms with van der Waals surface area (Å²) in [5, 5.41) is 10.7. The minimum atomic E-state index is -4.48. The first-order valence-corrected chi connectivity index (χ1v) is 8.59. The van der Waals surface area contributed by atoms with Gasteiger partial charge in [-0.2, -0.15) is 13.2 Å². The van der Waals surface area contributed by atoms with Gasteiger partial charge in [0.25, 0.3) is 11.6 Å². The minimum absolute atomic E-state index is 0.135. The van der Waals surface area contributed by atoms with E-state index in [4.69, 9.17) is 12.2 Å². The Bertz CT molecular complexity index is 972. The van der Waals surface area contributed by atoms with E-state index in [0.717, 1.165) is 23.9 Å². The van der Waals surface area contributed by atoms with Gasteiger partial charge in [0.2, 0.25) is 0 Å². The van der Waals surface area contributed by atoms with Crippen molar-refractivity contribution >= 4 is 51.7 Å². The van der Waals surface area contributed by atoms with E-state index in [2.05, 4.69) is 0 Å². The number of nitro groups is 1. The first kappa shape index (κ1) is 19.1. The molecule has 0 atom stereocenters. The normalized spacial score (nSPS) is 16.3. The van der Waals surface area contributed by atoms with Crippen LogP contribution in [0.25, 0.3) is 6.08 Å². The summed E-state index contributed by atoms with van der Waals surface area (Å²) in [5.41, 5.74) is -0.393. The number of carbonyl (C=O) groups excluding carboxylic acids is 1. The van der Waals surface area contributed by atoms with Crippen LogP contribution in [0.4, 0.5) is 24.5 Å². The highest BCUT2D eigenvalue weighted by atomic mass is 32.2. The second-order valence-electron chi connectivity index (χ2n) is 5.41. The first-order valence-electron chi connectivity index (χ1n) is 7.36. The number of thiocarbonyl (C=S) groups is 1. The van der Waals surface area contributed by atoms with Gasteiger partial charge in [0, 0.05) is 12.1 Å². The van der Waals surface area contributed by atoms with Crippen molar-refractivity contribution in [3.8, 4) is 0 Å². The lowest BCUT2D eigenvalue weighted by molar-refractivity contribution is -0.384. The molecule has 0 bridgehead atoms. The predicted molar refractivity (Wildman–Crippen MR) is 100 cm³/mol. The monoisotopic (exact) mass is 410 g/mol. The standard InChI is InChI=1S/C17H9F3N2O3S2/c18-17(19,20)11-3-1-2-10(8-11)9-14-15(23)21(16(26)27-14)12-4-6-13(7-5-12)22(24)25/h1-9H/b14-9+. The molecule has 0 saturated carbocycles. The highest BCUT2D eigenvalue weighted by Gasteiger charge is 2.34. The quantitative estimate of drug-likeness (QED) is 0.308. The van der Waals surface area contributed by atoms with Crippen LogP contribution in [-0.4, -0.2) is 15.2 Å². The van der Waals surface area contributed by atoms with E-state index in [-0.39, 0.29) is 20.5 Å². The van der Waals surface area contributed by atoms with E-state index < -0.39 is 22.6 Å². The highest BCUT2D eigenvalue weighted by Crippen LogP contribution is 2.37. The second kappa shape index (κ2) is 7.12. The number of nitro benzene ring substituents is 1. The molecule has 0 radical (unpaired) electrons. The lowest BCUT2D eigenvalue weighted by Gasteiger charge is -2.14. The van der Waals surface area contributed by atoms with Gasteiger partial charge in [-0.05, 0) is 35.9 Å². The van der Waals surface area contributed by atoms with E-state index in [0.29, 0.717) is 5.69 Å². The average Bonchev–Trinajstić information content (AvgIpc) is 2.88. The maximum atomic E-state index is 12.8. The summed E-state index contributed by atoms with van der Waals surface area (Å²) >= 11 is 6.12. The lowest BCUT2D eigenvalue weighted by atomic mass is 10.1. The number of rotatable bonds is 3. The number of benzene rings is 2. The van der Waals surface area contributed by atoms with Crippen LogP contribution < -0.4 is 4.90 Å². The molecule has 138 valence electrons. The van der Waals surface area contributed by atoms with Crippen LogP contribution in [-0.2, 0) is 11.0 Å². The van der Waals surface area contributed by atoms with Crippen molar-refractivity contribution in [1.29, 1.82) is 0 Å². The van der Waals surface area contributed by atoms with Crippen LogP contribution >= 0.6 is 24.0 Å². The molecule has 0 spiro atoms. The SMILES string of the molecule is O=C1/C(=C\c2cccc(C(F)(F)F)c2)SC(=S)N1c1ccc([N+](=O)[O-])cc1. The van der Waals surface area contributed by atoms with E-state index in [1.165, 1.54) is 47.4 Å². The number of thioether (sulfide) groups is 1. The number of anilines is 1. The van der Waals surface area contributed by atoms with E-state index in [9.17, 15) is 28.1 Å². The molecule has 0 aliphatic carbocycles. The maximum absolute atomic E-state index is 12.8. The molecule has 0 aromatic heterocycles. The summed E-state index contributed by atoms with van der Waals surface area (Å²) in [6.45, 7) is 0. The van der Waals surface area contributed by atoms with E-state index >= 15 is 0 Å². The fourth-order valence-electron chi connectivity index (χ4n) is 2.37. The average molecular weight is 410 g/mol. The minimum Gasteiger partial charge on any atom is -0.268 e. The van der Waals surface area contributed by atoms with Gasteiger partial charge < -0.3 is 0 Å². The molecule has 10 heteroatoms. The van der Waals surface area contributed by atoms with Gasteiger partial charge in [-0.3, -0.25) is 19.8 Å². The number of hydrogen-bond acceptors (Lipinski definition) is 5. The zero-order valence-electron chi connectivity index (χ0n) is 13.3. The molecule has 1 aliphatic rings. The molecule has 5 nitrogen and oxygen atoms in total. The molecule has 1 fully saturated rings. The molecule has 1 saturated heterocycles. The third-order valence-electron chi connectivity index (χ3n) is 3.62. The zero-order valence-corrected chi connectivity index (χ0v) is 14.9. The fraction of sp³-hybridized carbons (Fsp3) is 0.0588. The number of nitrogens with zero attached hydrogens (tertiary/aromatic N) is 2. The molecule has 1 amide bonds.